The van der Waals surface area contributed by atoms with Gasteiger partial charge in [-0.15, -0.1) is 0 Å². The lowest BCUT2D eigenvalue weighted by Gasteiger charge is -2.31. The van der Waals surface area contributed by atoms with Crippen molar-refractivity contribution in [1.29, 1.82) is 0 Å². The fraction of sp³-hybridized carbons (Fsp3) is 0.600. The maximum absolute atomic E-state index is 10.9. The van der Waals surface area contributed by atoms with E-state index in [2.05, 4.69) is 39.7 Å². The maximum Gasteiger partial charge on any atom is 0.282 e. The number of nitrogens with zero attached hydrogens (tertiary/aromatic N) is 2. The summed E-state index contributed by atoms with van der Waals surface area (Å²) in [5.41, 5.74) is 1.29. The number of hydrogen-bond donors (Lipinski definition) is 1. The van der Waals surface area contributed by atoms with E-state index in [1.165, 1.54) is 12.8 Å². The van der Waals surface area contributed by atoms with Gasteiger partial charge in [-0.2, -0.15) is 0 Å². The van der Waals surface area contributed by atoms with E-state index in [0.717, 1.165) is 38.3 Å². The van der Waals surface area contributed by atoms with Gasteiger partial charge < -0.3 is 10.2 Å². The van der Waals surface area contributed by atoms with Crippen LogP contribution in [-0.4, -0.2) is 31.1 Å². The van der Waals surface area contributed by atoms with Crippen LogP contribution in [-0.2, 0) is 0 Å². The van der Waals surface area contributed by atoms with Crippen molar-refractivity contribution in [3.05, 3.63) is 31.9 Å². The minimum atomic E-state index is -0.317. The van der Waals surface area contributed by atoms with Gasteiger partial charge in [0.2, 0.25) is 0 Å². The van der Waals surface area contributed by atoms with Crippen LogP contribution in [0.3, 0.4) is 0 Å². The third-order valence-electron chi connectivity index (χ3n) is 3.92. The second-order valence-corrected chi connectivity index (χ2v) is 6.69. The predicted molar refractivity (Wildman–Crippen MR) is 93.9 cm³/mol. The number of nitro groups is 1. The first-order chi connectivity index (χ1) is 10.1. The first-order valence-corrected chi connectivity index (χ1v) is 8.59. The standard InChI is InChI=1S/C15H22IN3O2/c1-2-9-18(11-12-5-7-17-8-6-12)13-3-4-15(19(20)21)14(16)10-13/h3-4,10,12,17H,2,5-9,11H2,1H3. The van der Waals surface area contributed by atoms with E-state index in [1.54, 1.807) is 6.07 Å². The van der Waals surface area contributed by atoms with Gasteiger partial charge in [-0.25, -0.2) is 0 Å². The summed E-state index contributed by atoms with van der Waals surface area (Å²) in [6.45, 7) is 6.41. The first kappa shape index (κ1) is 16.5. The van der Waals surface area contributed by atoms with Crippen LogP contribution in [0.15, 0.2) is 18.2 Å². The second-order valence-electron chi connectivity index (χ2n) is 5.53. The highest BCUT2D eigenvalue weighted by atomic mass is 127. The molecule has 1 fully saturated rings. The molecule has 1 heterocycles. The molecule has 0 radical (unpaired) electrons. The summed E-state index contributed by atoms with van der Waals surface area (Å²) < 4.78 is 0.710. The van der Waals surface area contributed by atoms with Gasteiger partial charge in [-0.05, 0) is 73.0 Å². The molecular weight excluding hydrogens is 381 g/mol. The average Bonchev–Trinajstić information content (AvgIpc) is 2.47. The Morgan fingerprint density at radius 3 is 2.71 bits per heavy atom. The van der Waals surface area contributed by atoms with Crippen molar-refractivity contribution < 1.29 is 4.92 Å². The van der Waals surface area contributed by atoms with Crippen molar-refractivity contribution in [2.75, 3.05) is 31.1 Å². The smallest absolute Gasteiger partial charge is 0.282 e. The summed E-state index contributed by atoms with van der Waals surface area (Å²) in [5.74, 6) is 0.714. The van der Waals surface area contributed by atoms with Gasteiger partial charge in [0.05, 0.1) is 8.49 Å². The van der Waals surface area contributed by atoms with Crippen molar-refractivity contribution in [2.45, 2.75) is 26.2 Å². The van der Waals surface area contributed by atoms with Crippen molar-refractivity contribution in [3.63, 3.8) is 0 Å². The molecular formula is C15H22IN3O2. The predicted octanol–water partition coefficient (Wildman–Crippen LogP) is 3.42. The van der Waals surface area contributed by atoms with E-state index >= 15 is 0 Å². The Morgan fingerprint density at radius 1 is 1.43 bits per heavy atom. The van der Waals surface area contributed by atoms with Gasteiger partial charge >= 0.3 is 0 Å². The molecule has 21 heavy (non-hydrogen) atoms. The van der Waals surface area contributed by atoms with Crippen LogP contribution >= 0.6 is 22.6 Å². The number of hydrogen-bond acceptors (Lipinski definition) is 4. The van der Waals surface area contributed by atoms with Gasteiger partial charge in [0.15, 0.2) is 0 Å². The molecule has 0 aromatic heterocycles. The molecule has 1 saturated heterocycles. The lowest BCUT2D eigenvalue weighted by atomic mass is 9.97. The normalized spacial score (nSPS) is 15.9. The van der Waals surface area contributed by atoms with Gasteiger partial charge in [-0.3, -0.25) is 10.1 Å². The summed E-state index contributed by atoms with van der Waals surface area (Å²) in [7, 11) is 0. The summed E-state index contributed by atoms with van der Waals surface area (Å²) in [5, 5.41) is 14.3. The third kappa shape index (κ3) is 4.54. The highest BCUT2D eigenvalue weighted by Gasteiger charge is 2.19. The number of nitrogens with one attached hydrogen (secondary N) is 1. The van der Waals surface area contributed by atoms with Crippen molar-refractivity contribution in [3.8, 4) is 0 Å². The van der Waals surface area contributed by atoms with E-state index in [4.69, 9.17) is 0 Å². The van der Waals surface area contributed by atoms with Crippen molar-refractivity contribution in [2.24, 2.45) is 5.92 Å². The fourth-order valence-electron chi connectivity index (χ4n) is 2.81. The molecule has 6 heteroatoms. The van der Waals surface area contributed by atoms with Gasteiger partial charge in [0.1, 0.15) is 0 Å². The zero-order valence-electron chi connectivity index (χ0n) is 12.3. The molecule has 1 N–H and O–H groups in total. The summed E-state index contributed by atoms with van der Waals surface area (Å²) in [4.78, 5) is 13.0. The molecule has 0 amide bonds. The lowest BCUT2D eigenvalue weighted by molar-refractivity contribution is -0.385. The summed E-state index contributed by atoms with van der Waals surface area (Å²) in [6.07, 6.45) is 3.51. The first-order valence-electron chi connectivity index (χ1n) is 7.51. The maximum atomic E-state index is 10.9. The summed E-state index contributed by atoms with van der Waals surface area (Å²) in [6, 6.07) is 5.45. The van der Waals surface area contributed by atoms with Crippen molar-refractivity contribution in [1.82, 2.24) is 5.32 Å². The van der Waals surface area contributed by atoms with Crippen LogP contribution in [0.2, 0.25) is 0 Å². The number of halogens is 1. The number of nitro benzene ring substituents is 1. The van der Waals surface area contributed by atoms with Crippen LogP contribution in [0.25, 0.3) is 0 Å². The number of piperidine rings is 1. The highest BCUT2D eigenvalue weighted by molar-refractivity contribution is 14.1. The van der Waals surface area contributed by atoms with Gasteiger partial charge in [-0.1, -0.05) is 6.92 Å². The van der Waals surface area contributed by atoms with E-state index in [1.807, 2.05) is 12.1 Å². The largest absolute Gasteiger partial charge is 0.371 e. The molecule has 1 aromatic rings. The molecule has 116 valence electrons. The molecule has 0 bridgehead atoms. The molecule has 0 unspecified atom stereocenters. The van der Waals surface area contributed by atoms with E-state index in [-0.39, 0.29) is 10.6 Å². The molecule has 1 aliphatic heterocycles. The number of anilines is 1. The highest BCUT2D eigenvalue weighted by Crippen LogP contribution is 2.27. The molecule has 2 rings (SSSR count). The minimum absolute atomic E-state index is 0.192. The third-order valence-corrected chi connectivity index (χ3v) is 4.79. The molecule has 0 spiro atoms. The number of benzene rings is 1. The quantitative estimate of drug-likeness (QED) is 0.449. The Bertz CT molecular complexity index is 490. The minimum Gasteiger partial charge on any atom is -0.371 e. The van der Waals surface area contributed by atoms with E-state index < -0.39 is 0 Å². The summed E-state index contributed by atoms with van der Waals surface area (Å²) >= 11 is 2.06. The van der Waals surface area contributed by atoms with Crippen LogP contribution in [0, 0.1) is 19.6 Å². The lowest BCUT2D eigenvalue weighted by Crippen LogP contribution is -2.36. The van der Waals surface area contributed by atoms with Gasteiger partial charge in [0.25, 0.3) is 5.69 Å². The Labute approximate surface area is 139 Å². The molecule has 0 saturated carbocycles. The van der Waals surface area contributed by atoms with Crippen LogP contribution in [0.4, 0.5) is 11.4 Å². The molecule has 0 aliphatic carbocycles. The topological polar surface area (TPSA) is 58.4 Å². The Kier molecular flexibility index (Phi) is 6.22. The SMILES string of the molecule is CCCN(CC1CCNCC1)c1ccc([N+](=O)[O-])c(I)c1. The van der Waals surface area contributed by atoms with Gasteiger partial charge in [0, 0.05) is 24.8 Å². The van der Waals surface area contributed by atoms with Crippen molar-refractivity contribution >= 4 is 34.0 Å². The van der Waals surface area contributed by atoms with E-state index in [0.29, 0.717) is 9.49 Å². The zero-order chi connectivity index (χ0) is 15.2. The molecule has 1 aliphatic rings. The average molecular weight is 403 g/mol. The Hall–Kier alpha value is -0.890. The Morgan fingerprint density at radius 2 is 2.14 bits per heavy atom. The molecule has 1 aromatic carbocycles. The molecule has 0 atom stereocenters. The zero-order valence-corrected chi connectivity index (χ0v) is 14.5. The Balaban J connectivity index is 2.13. The van der Waals surface area contributed by atoms with Crippen LogP contribution in [0.5, 0.6) is 0 Å². The van der Waals surface area contributed by atoms with E-state index in [9.17, 15) is 10.1 Å². The van der Waals surface area contributed by atoms with Crippen LogP contribution < -0.4 is 10.2 Å². The monoisotopic (exact) mass is 403 g/mol. The fourth-order valence-corrected chi connectivity index (χ4v) is 3.51. The number of rotatable bonds is 6. The second kappa shape index (κ2) is 7.93. The van der Waals surface area contributed by atoms with Crippen LogP contribution in [0.1, 0.15) is 26.2 Å². The molecule has 5 nitrogen and oxygen atoms in total.